The first-order valence-electron chi connectivity index (χ1n) is 13.3. The highest BCUT2D eigenvalue weighted by Gasteiger charge is 2.33. The summed E-state index contributed by atoms with van der Waals surface area (Å²) in [6, 6.07) is 6.44. The van der Waals surface area contributed by atoms with Crippen LogP contribution in [0.25, 0.3) is 0 Å². The van der Waals surface area contributed by atoms with Crippen molar-refractivity contribution in [1.29, 1.82) is 0 Å². The molecule has 0 saturated carbocycles. The summed E-state index contributed by atoms with van der Waals surface area (Å²) in [5, 5.41) is 9.87. The van der Waals surface area contributed by atoms with E-state index in [2.05, 4.69) is 39.0 Å². The lowest BCUT2D eigenvalue weighted by Gasteiger charge is -2.39. The fourth-order valence-corrected chi connectivity index (χ4v) is 5.52. The SMILES string of the molecule is CC(C)(C)NC(=O)C[C@@H]1CCN2C[C@@H]1CCCOc1ccc(N3CCNCC3)cc1CNCC2=O. The molecule has 0 radical (unpaired) electrons. The summed E-state index contributed by atoms with van der Waals surface area (Å²) in [6.45, 7) is 13.1. The zero-order valence-corrected chi connectivity index (χ0v) is 21.7. The molecule has 0 unspecified atom stereocenters. The van der Waals surface area contributed by atoms with Gasteiger partial charge >= 0.3 is 0 Å². The van der Waals surface area contributed by atoms with Crippen molar-refractivity contribution in [2.75, 3.05) is 57.3 Å². The smallest absolute Gasteiger partial charge is 0.236 e. The molecule has 3 N–H and O–H groups in total. The third-order valence-electron chi connectivity index (χ3n) is 7.30. The Hall–Kier alpha value is -2.32. The van der Waals surface area contributed by atoms with Crippen LogP contribution in [-0.4, -0.2) is 74.7 Å². The number of nitrogens with zero attached hydrogens (tertiary/aromatic N) is 2. The number of amides is 2. The van der Waals surface area contributed by atoms with Crippen LogP contribution in [0.1, 0.15) is 52.0 Å². The lowest BCUT2D eigenvalue weighted by Crippen LogP contribution is -2.48. The van der Waals surface area contributed by atoms with Crippen molar-refractivity contribution < 1.29 is 14.3 Å². The van der Waals surface area contributed by atoms with E-state index >= 15 is 0 Å². The molecule has 8 nitrogen and oxygen atoms in total. The van der Waals surface area contributed by atoms with Crippen LogP contribution in [0.4, 0.5) is 5.69 Å². The molecule has 194 valence electrons. The number of carbonyl (C=O) groups excluding carboxylic acids is 2. The van der Waals surface area contributed by atoms with E-state index in [4.69, 9.17) is 4.74 Å². The van der Waals surface area contributed by atoms with Gasteiger partial charge in [0.05, 0.1) is 13.2 Å². The summed E-state index contributed by atoms with van der Waals surface area (Å²) >= 11 is 0. The van der Waals surface area contributed by atoms with Gasteiger partial charge in [0.25, 0.3) is 0 Å². The van der Waals surface area contributed by atoms with E-state index in [0.717, 1.165) is 69.8 Å². The molecule has 8 heteroatoms. The van der Waals surface area contributed by atoms with Crippen molar-refractivity contribution >= 4 is 17.5 Å². The number of hydrogen-bond donors (Lipinski definition) is 3. The van der Waals surface area contributed by atoms with E-state index in [0.29, 0.717) is 38.0 Å². The van der Waals surface area contributed by atoms with Gasteiger partial charge in [-0.3, -0.25) is 9.59 Å². The van der Waals surface area contributed by atoms with Crippen LogP contribution >= 0.6 is 0 Å². The second-order valence-corrected chi connectivity index (χ2v) is 11.3. The van der Waals surface area contributed by atoms with Crippen LogP contribution in [-0.2, 0) is 16.1 Å². The van der Waals surface area contributed by atoms with Gasteiger partial charge in [-0.25, -0.2) is 0 Å². The number of rotatable bonds is 3. The molecule has 4 rings (SSSR count). The van der Waals surface area contributed by atoms with Gasteiger partial charge in [-0.15, -0.1) is 0 Å². The monoisotopic (exact) mass is 485 g/mol. The molecule has 3 aliphatic rings. The lowest BCUT2D eigenvalue weighted by molar-refractivity contribution is -0.133. The fourth-order valence-electron chi connectivity index (χ4n) is 5.52. The van der Waals surface area contributed by atoms with Gasteiger partial charge in [0.2, 0.25) is 11.8 Å². The summed E-state index contributed by atoms with van der Waals surface area (Å²) in [4.78, 5) is 30.0. The van der Waals surface area contributed by atoms with E-state index in [1.165, 1.54) is 5.69 Å². The number of fused-ring (bicyclic) bond motifs is 3. The Morgan fingerprint density at radius 2 is 1.89 bits per heavy atom. The highest BCUT2D eigenvalue weighted by Crippen LogP contribution is 2.31. The number of hydrogen-bond acceptors (Lipinski definition) is 6. The number of carbonyl (C=O) groups is 2. The van der Waals surface area contributed by atoms with E-state index < -0.39 is 0 Å². The summed E-state index contributed by atoms with van der Waals surface area (Å²) in [6.07, 6.45) is 3.28. The Morgan fingerprint density at radius 1 is 1.09 bits per heavy atom. The first-order chi connectivity index (χ1) is 16.8. The maximum atomic E-state index is 13.0. The maximum Gasteiger partial charge on any atom is 0.236 e. The van der Waals surface area contributed by atoms with Crippen molar-refractivity contribution in [2.24, 2.45) is 11.8 Å². The maximum absolute atomic E-state index is 13.0. The van der Waals surface area contributed by atoms with Crippen LogP contribution in [0, 0.1) is 11.8 Å². The molecule has 3 aliphatic heterocycles. The van der Waals surface area contributed by atoms with Crippen molar-refractivity contribution in [3.05, 3.63) is 23.8 Å². The standard InChI is InChI=1S/C27H43N5O3/c1-27(2,3)30-25(33)16-20-8-11-32-19-21(20)5-4-14-35-24-7-6-23(31-12-9-28-10-13-31)15-22(24)17-29-18-26(32)34/h6-7,15,20-21,28-29H,4-5,8-14,16-19H2,1-3H3,(H,30,33)/t20-,21-/m0/s1. The molecule has 1 aromatic rings. The van der Waals surface area contributed by atoms with E-state index in [9.17, 15) is 9.59 Å². The van der Waals surface area contributed by atoms with Crippen LogP contribution in [0.2, 0.25) is 0 Å². The Kier molecular flexibility index (Phi) is 8.55. The van der Waals surface area contributed by atoms with E-state index in [1.54, 1.807) is 0 Å². The van der Waals surface area contributed by atoms with Crippen LogP contribution < -0.4 is 25.6 Å². The molecule has 0 aliphatic carbocycles. The second kappa shape index (κ2) is 11.6. The summed E-state index contributed by atoms with van der Waals surface area (Å²) in [5.41, 5.74) is 2.08. The average molecular weight is 486 g/mol. The van der Waals surface area contributed by atoms with Gasteiger partial charge in [-0.1, -0.05) is 0 Å². The minimum Gasteiger partial charge on any atom is -0.493 e. The van der Waals surface area contributed by atoms with Gasteiger partial charge in [0, 0.05) is 69.0 Å². The topological polar surface area (TPSA) is 85.9 Å². The third kappa shape index (κ3) is 7.34. The molecule has 2 fully saturated rings. The molecular formula is C27H43N5O3. The lowest BCUT2D eigenvalue weighted by atomic mass is 9.80. The summed E-state index contributed by atoms with van der Waals surface area (Å²) in [7, 11) is 0. The number of piperidine rings is 1. The molecule has 2 saturated heterocycles. The number of anilines is 1. The predicted octanol–water partition coefficient (Wildman–Crippen LogP) is 2.13. The number of nitrogens with one attached hydrogen (secondary N) is 3. The molecule has 2 amide bonds. The highest BCUT2D eigenvalue weighted by atomic mass is 16.5. The summed E-state index contributed by atoms with van der Waals surface area (Å²) in [5.74, 6) is 1.77. The number of benzene rings is 1. The molecule has 1 aromatic carbocycles. The molecule has 3 heterocycles. The van der Waals surface area contributed by atoms with Gasteiger partial charge < -0.3 is 30.5 Å². The Bertz CT molecular complexity index is 878. The van der Waals surface area contributed by atoms with Crippen molar-refractivity contribution in [1.82, 2.24) is 20.9 Å². The van der Waals surface area contributed by atoms with Gasteiger partial charge in [-0.2, -0.15) is 0 Å². The Labute approximate surface area is 210 Å². The molecule has 35 heavy (non-hydrogen) atoms. The largest absolute Gasteiger partial charge is 0.493 e. The average Bonchev–Trinajstić information content (AvgIpc) is 2.83. The highest BCUT2D eigenvalue weighted by molar-refractivity contribution is 5.79. The Balaban J connectivity index is 1.43. The van der Waals surface area contributed by atoms with E-state index in [1.807, 2.05) is 25.7 Å². The zero-order valence-electron chi connectivity index (χ0n) is 21.7. The van der Waals surface area contributed by atoms with Gasteiger partial charge in [0.15, 0.2) is 0 Å². The molecule has 2 bridgehead atoms. The first-order valence-corrected chi connectivity index (χ1v) is 13.3. The van der Waals surface area contributed by atoms with Crippen molar-refractivity contribution in [3.8, 4) is 5.75 Å². The van der Waals surface area contributed by atoms with Crippen LogP contribution in [0.15, 0.2) is 18.2 Å². The zero-order chi connectivity index (χ0) is 24.8. The Morgan fingerprint density at radius 3 is 2.66 bits per heavy atom. The third-order valence-corrected chi connectivity index (χ3v) is 7.30. The van der Waals surface area contributed by atoms with Crippen LogP contribution in [0.3, 0.4) is 0 Å². The molecule has 0 aromatic heterocycles. The van der Waals surface area contributed by atoms with Gasteiger partial charge in [-0.05, 0) is 70.1 Å². The van der Waals surface area contributed by atoms with Crippen molar-refractivity contribution in [2.45, 2.75) is 58.5 Å². The van der Waals surface area contributed by atoms with Gasteiger partial charge in [0.1, 0.15) is 5.75 Å². The molecule has 2 atom stereocenters. The predicted molar refractivity (Wildman–Crippen MR) is 139 cm³/mol. The molecular weight excluding hydrogens is 442 g/mol. The number of ether oxygens (including phenoxy) is 1. The van der Waals surface area contributed by atoms with Crippen molar-refractivity contribution in [3.63, 3.8) is 0 Å². The first kappa shape index (κ1) is 25.8. The quantitative estimate of drug-likeness (QED) is 0.608. The number of piperazine rings is 1. The minimum absolute atomic E-state index is 0.109. The minimum atomic E-state index is -0.226. The molecule has 0 spiro atoms. The second-order valence-electron chi connectivity index (χ2n) is 11.3. The van der Waals surface area contributed by atoms with E-state index in [-0.39, 0.29) is 17.4 Å². The summed E-state index contributed by atoms with van der Waals surface area (Å²) < 4.78 is 6.24. The normalized spacial score (nSPS) is 24.4. The van der Waals surface area contributed by atoms with Crippen LogP contribution in [0.5, 0.6) is 5.75 Å². The fraction of sp³-hybridized carbons (Fsp3) is 0.704.